The van der Waals surface area contributed by atoms with E-state index in [0.717, 1.165) is 13.0 Å². The molecular weight excluding hydrogens is 290 g/mol. The molecular formula is C13H17Cl2FN2O. The number of amides is 1. The van der Waals surface area contributed by atoms with Crippen LogP contribution in [0.15, 0.2) is 18.2 Å². The molecule has 1 aromatic carbocycles. The minimum absolute atomic E-state index is 0. The summed E-state index contributed by atoms with van der Waals surface area (Å²) in [6, 6.07) is 4.55. The molecule has 1 N–H and O–H groups in total. The van der Waals surface area contributed by atoms with Gasteiger partial charge in [-0.3, -0.25) is 4.79 Å². The number of nitrogens with zero attached hydrogens (tertiary/aromatic N) is 1. The zero-order chi connectivity index (χ0) is 13.1. The molecule has 1 heterocycles. The minimum Gasteiger partial charge on any atom is -0.341 e. The number of carbonyl (C=O) groups is 1. The van der Waals surface area contributed by atoms with Crippen LogP contribution in [0.2, 0.25) is 5.02 Å². The Morgan fingerprint density at radius 1 is 1.58 bits per heavy atom. The van der Waals surface area contributed by atoms with E-state index >= 15 is 0 Å². The van der Waals surface area contributed by atoms with Crippen molar-refractivity contribution in [3.8, 4) is 0 Å². The van der Waals surface area contributed by atoms with Gasteiger partial charge in [-0.05, 0) is 25.1 Å². The van der Waals surface area contributed by atoms with E-state index in [0.29, 0.717) is 17.1 Å². The Morgan fingerprint density at radius 3 is 2.89 bits per heavy atom. The van der Waals surface area contributed by atoms with E-state index in [1.54, 1.807) is 24.1 Å². The zero-order valence-electron chi connectivity index (χ0n) is 10.7. The van der Waals surface area contributed by atoms with Crippen molar-refractivity contribution in [1.29, 1.82) is 0 Å². The summed E-state index contributed by atoms with van der Waals surface area (Å²) in [6.45, 7) is 1.78. The summed E-state index contributed by atoms with van der Waals surface area (Å²) in [5.41, 5.74) is 0.376. The fourth-order valence-corrected chi connectivity index (χ4v) is 2.40. The molecule has 0 aliphatic carbocycles. The van der Waals surface area contributed by atoms with Crippen LogP contribution in [-0.4, -0.2) is 30.9 Å². The summed E-state index contributed by atoms with van der Waals surface area (Å²) < 4.78 is 13.6. The first-order valence-electron chi connectivity index (χ1n) is 5.98. The van der Waals surface area contributed by atoms with Gasteiger partial charge in [0.1, 0.15) is 5.82 Å². The number of hydrogen-bond donors (Lipinski definition) is 1. The number of nitrogens with one attached hydrogen (secondary N) is 1. The molecule has 1 saturated heterocycles. The van der Waals surface area contributed by atoms with Crippen LogP contribution >= 0.6 is 24.0 Å². The third-order valence-corrected chi connectivity index (χ3v) is 3.60. The first-order valence-corrected chi connectivity index (χ1v) is 6.36. The molecule has 1 aromatic rings. The standard InChI is InChI=1S/C13H16ClFN2O.ClH/c1-17(13(18)9-5-6-16-7-9)8-10-11(14)3-2-4-12(10)15;/h2-4,9,16H,5-8H2,1H3;1H. The largest absolute Gasteiger partial charge is 0.341 e. The van der Waals surface area contributed by atoms with Crippen molar-refractivity contribution in [2.24, 2.45) is 5.92 Å². The number of carbonyl (C=O) groups excluding carboxylic acids is 1. The maximum absolute atomic E-state index is 13.6. The SMILES string of the molecule is CN(Cc1c(F)cccc1Cl)C(=O)C1CCNC1.Cl. The van der Waals surface area contributed by atoms with E-state index in [1.165, 1.54) is 6.07 Å². The number of halogens is 3. The van der Waals surface area contributed by atoms with E-state index in [9.17, 15) is 9.18 Å². The van der Waals surface area contributed by atoms with Crippen molar-refractivity contribution in [2.45, 2.75) is 13.0 Å². The highest BCUT2D eigenvalue weighted by Gasteiger charge is 2.25. The van der Waals surface area contributed by atoms with Gasteiger partial charge in [0, 0.05) is 30.7 Å². The molecule has 1 atom stereocenters. The average molecular weight is 307 g/mol. The highest BCUT2D eigenvalue weighted by molar-refractivity contribution is 6.31. The molecule has 106 valence electrons. The zero-order valence-corrected chi connectivity index (χ0v) is 12.2. The van der Waals surface area contributed by atoms with Crippen molar-refractivity contribution in [1.82, 2.24) is 10.2 Å². The molecule has 0 bridgehead atoms. The second-order valence-corrected chi connectivity index (χ2v) is 4.99. The van der Waals surface area contributed by atoms with Crippen LogP contribution in [0.3, 0.4) is 0 Å². The average Bonchev–Trinajstić information content (AvgIpc) is 2.86. The summed E-state index contributed by atoms with van der Waals surface area (Å²) in [7, 11) is 1.68. The summed E-state index contributed by atoms with van der Waals surface area (Å²) in [6.07, 6.45) is 0.841. The Labute approximate surface area is 123 Å². The molecule has 1 fully saturated rings. The van der Waals surface area contributed by atoms with Crippen molar-refractivity contribution in [3.63, 3.8) is 0 Å². The number of benzene rings is 1. The summed E-state index contributed by atoms with van der Waals surface area (Å²) in [5, 5.41) is 3.51. The van der Waals surface area contributed by atoms with E-state index < -0.39 is 0 Å². The topological polar surface area (TPSA) is 32.3 Å². The fourth-order valence-electron chi connectivity index (χ4n) is 2.18. The number of rotatable bonds is 3. The molecule has 0 radical (unpaired) electrons. The van der Waals surface area contributed by atoms with Gasteiger partial charge < -0.3 is 10.2 Å². The van der Waals surface area contributed by atoms with Crippen molar-refractivity contribution in [3.05, 3.63) is 34.6 Å². The van der Waals surface area contributed by atoms with Crippen LogP contribution < -0.4 is 5.32 Å². The highest BCUT2D eigenvalue weighted by atomic mass is 35.5. The molecule has 1 aliphatic rings. The van der Waals surface area contributed by atoms with Gasteiger partial charge in [0.25, 0.3) is 0 Å². The molecule has 3 nitrogen and oxygen atoms in total. The smallest absolute Gasteiger partial charge is 0.227 e. The quantitative estimate of drug-likeness (QED) is 0.930. The second-order valence-electron chi connectivity index (χ2n) is 4.58. The Morgan fingerprint density at radius 2 is 2.32 bits per heavy atom. The van der Waals surface area contributed by atoms with Gasteiger partial charge >= 0.3 is 0 Å². The lowest BCUT2D eigenvalue weighted by molar-refractivity contribution is -0.134. The van der Waals surface area contributed by atoms with E-state index in [1.807, 2.05) is 0 Å². The Kier molecular flexibility index (Phi) is 6.04. The highest BCUT2D eigenvalue weighted by Crippen LogP contribution is 2.21. The van der Waals surface area contributed by atoms with E-state index in [2.05, 4.69) is 5.32 Å². The van der Waals surface area contributed by atoms with Crippen LogP contribution in [0, 0.1) is 11.7 Å². The molecule has 19 heavy (non-hydrogen) atoms. The predicted octanol–water partition coefficient (Wildman–Crippen LogP) is 2.47. The molecule has 0 aromatic heterocycles. The molecule has 6 heteroatoms. The number of hydrogen-bond acceptors (Lipinski definition) is 2. The summed E-state index contributed by atoms with van der Waals surface area (Å²) in [4.78, 5) is 13.6. The van der Waals surface area contributed by atoms with Crippen molar-refractivity contribution >= 4 is 29.9 Å². The van der Waals surface area contributed by atoms with Gasteiger partial charge in [-0.25, -0.2) is 4.39 Å². The second kappa shape index (κ2) is 7.08. The lowest BCUT2D eigenvalue weighted by atomic mass is 10.1. The van der Waals surface area contributed by atoms with Gasteiger partial charge in [0.15, 0.2) is 0 Å². The Bertz CT molecular complexity index is 430. The van der Waals surface area contributed by atoms with Gasteiger partial charge in [-0.2, -0.15) is 0 Å². The van der Waals surface area contributed by atoms with Crippen LogP contribution in [0.1, 0.15) is 12.0 Å². The first-order chi connectivity index (χ1) is 8.59. The van der Waals surface area contributed by atoms with Crippen LogP contribution in [0.5, 0.6) is 0 Å². The third kappa shape index (κ3) is 3.81. The maximum Gasteiger partial charge on any atom is 0.227 e. The van der Waals surface area contributed by atoms with Gasteiger partial charge in [-0.1, -0.05) is 17.7 Å². The third-order valence-electron chi connectivity index (χ3n) is 3.24. The van der Waals surface area contributed by atoms with Gasteiger partial charge in [-0.15, -0.1) is 12.4 Å². The van der Waals surface area contributed by atoms with Crippen molar-refractivity contribution < 1.29 is 9.18 Å². The Balaban J connectivity index is 0.00000180. The van der Waals surface area contributed by atoms with Gasteiger partial charge in [0.05, 0.1) is 5.92 Å². The lowest BCUT2D eigenvalue weighted by Gasteiger charge is -2.21. The van der Waals surface area contributed by atoms with Crippen molar-refractivity contribution in [2.75, 3.05) is 20.1 Å². The normalized spacial score (nSPS) is 17.9. The first kappa shape index (κ1) is 16.2. The fraction of sp³-hybridized carbons (Fsp3) is 0.462. The van der Waals surface area contributed by atoms with Crippen LogP contribution in [0.4, 0.5) is 4.39 Å². The molecule has 1 amide bonds. The summed E-state index contributed by atoms with van der Waals surface area (Å²) >= 11 is 5.95. The van der Waals surface area contributed by atoms with E-state index in [-0.39, 0.29) is 36.6 Å². The minimum atomic E-state index is -0.369. The van der Waals surface area contributed by atoms with Gasteiger partial charge in [0.2, 0.25) is 5.91 Å². The monoisotopic (exact) mass is 306 g/mol. The lowest BCUT2D eigenvalue weighted by Crippen LogP contribution is -2.33. The van der Waals surface area contributed by atoms with Crippen LogP contribution in [0.25, 0.3) is 0 Å². The summed E-state index contributed by atoms with van der Waals surface area (Å²) in [5.74, 6) is -0.327. The molecule has 0 saturated carbocycles. The molecule has 2 rings (SSSR count). The maximum atomic E-state index is 13.6. The van der Waals surface area contributed by atoms with E-state index in [4.69, 9.17) is 11.6 Å². The van der Waals surface area contributed by atoms with Crippen LogP contribution in [-0.2, 0) is 11.3 Å². The predicted molar refractivity (Wildman–Crippen MR) is 76.1 cm³/mol. The Hall–Kier alpha value is -0.840. The molecule has 1 unspecified atom stereocenters. The molecule has 1 aliphatic heterocycles. The molecule has 0 spiro atoms.